The van der Waals surface area contributed by atoms with Crippen molar-refractivity contribution in [1.82, 2.24) is 9.97 Å². The maximum absolute atomic E-state index is 14.0. The fraction of sp³-hybridized carbons (Fsp3) is 0.583. The summed E-state index contributed by atoms with van der Waals surface area (Å²) in [5, 5.41) is 17.7. The number of nitrogens with zero attached hydrogens (tertiary/aromatic N) is 3. The van der Waals surface area contributed by atoms with Crippen LogP contribution >= 0.6 is 11.3 Å². The van der Waals surface area contributed by atoms with Gasteiger partial charge < -0.3 is 19.6 Å². The summed E-state index contributed by atoms with van der Waals surface area (Å²) < 4.78 is 34.5. The van der Waals surface area contributed by atoms with Gasteiger partial charge in [0.25, 0.3) is 5.91 Å². The van der Waals surface area contributed by atoms with Crippen molar-refractivity contribution in [3.05, 3.63) is 41.0 Å². The van der Waals surface area contributed by atoms with Crippen molar-refractivity contribution < 1.29 is 32.7 Å². The highest BCUT2D eigenvalue weighted by atomic mass is 32.1. The molecule has 8 nitrogen and oxygen atoms in total. The van der Waals surface area contributed by atoms with Crippen LogP contribution in [0.25, 0.3) is 0 Å². The number of hydrogen-bond acceptors (Lipinski definition) is 7. The Hall–Kier alpha value is -2.50. The average Bonchev–Trinajstić information content (AvgIpc) is 3.50. The number of carbonyl (C=O) groups is 2. The molecular formula is C24H29F2N4O4S+. The number of nitrogens with one attached hydrogen (secondary N) is 1. The number of halogens is 2. The maximum Gasteiger partial charge on any atom is 0.343 e. The molecule has 0 radical (unpaired) electrons. The molecule has 6 rings (SSSR count). The monoisotopic (exact) mass is 507 g/mol. The Morgan fingerprint density at radius 3 is 2.71 bits per heavy atom. The van der Waals surface area contributed by atoms with Crippen LogP contribution in [-0.4, -0.2) is 69.6 Å². The summed E-state index contributed by atoms with van der Waals surface area (Å²) >= 11 is 1.30. The van der Waals surface area contributed by atoms with Crippen molar-refractivity contribution in [3.63, 3.8) is 0 Å². The number of fused-ring (bicyclic) bond motifs is 3. The van der Waals surface area contributed by atoms with Gasteiger partial charge in [-0.15, -0.1) is 0 Å². The fourth-order valence-corrected chi connectivity index (χ4v) is 6.67. The maximum atomic E-state index is 14.0. The van der Waals surface area contributed by atoms with E-state index in [1.807, 2.05) is 0 Å². The van der Waals surface area contributed by atoms with E-state index in [9.17, 15) is 23.5 Å². The molecule has 4 fully saturated rings. The molecule has 0 spiro atoms. The molecule has 3 atom stereocenters. The van der Waals surface area contributed by atoms with Crippen LogP contribution in [0.15, 0.2) is 35.4 Å². The number of quaternary nitrogens is 1. The van der Waals surface area contributed by atoms with E-state index in [0.717, 1.165) is 25.9 Å². The zero-order valence-electron chi connectivity index (χ0n) is 19.2. The molecule has 3 saturated heterocycles. The fourth-order valence-electron chi connectivity index (χ4n) is 5.96. The highest BCUT2D eigenvalue weighted by Crippen LogP contribution is 2.49. The minimum absolute atomic E-state index is 0.0467. The van der Waals surface area contributed by atoms with Gasteiger partial charge in [0, 0.05) is 55.5 Å². The first-order valence-electron chi connectivity index (χ1n) is 11.9. The summed E-state index contributed by atoms with van der Waals surface area (Å²) in [7, 11) is 0. The molecule has 188 valence electrons. The van der Waals surface area contributed by atoms with Crippen LogP contribution in [0.1, 0.15) is 37.7 Å². The molecule has 2 N–H and O–H groups in total. The van der Waals surface area contributed by atoms with Crippen LogP contribution in [0.3, 0.4) is 0 Å². The number of carbonyl (C=O) groups excluding carboxylic acids is 2. The first-order valence-corrected chi connectivity index (χ1v) is 12.9. The zero-order valence-corrected chi connectivity index (χ0v) is 20.1. The molecule has 2 aromatic rings. The van der Waals surface area contributed by atoms with Crippen molar-refractivity contribution >= 4 is 29.0 Å². The van der Waals surface area contributed by atoms with E-state index in [1.54, 1.807) is 16.8 Å². The lowest BCUT2D eigenvalue weighted by molar-refractivity contribution is -0.939. The number of aromatic nitrogens is 2. The summed E-state index contributed by atoms with van der Waals surface area (Å²) in [5.41, 5.74) is -1.80. The number of ether oxygens (including phenoxy) is 1. The Morgan fingerprint density at radius 1 is 1.29 bits per heavy atom. The summed E-state index contributed by atoms with van der Waals surface area (Å²) in [5.74, 6) is -4.38. The van der Waals surface area contributed by atoms with Crippen molar-refractivity contribution in [2.24, 2.45) is 11.8 Å². The van der Waals surface area contributed by atoms with Crippen molar-refractivity contribution in [2.75, 3.05) is 31.5 Å². The first kappa shape index (κ1) is 24.2. The minimum Gasteiger partial charge on any atom is -0.454 e. The van der Waals surface area contributed by atoms with Crippen LogP contribution in [0.5, 0.6) is 0 Å². The molecule has 11 heteroatoms. The number of rotatable bonds is 7. The molecule has 0 aromatic carbocycles. The number of alkyl halides is 2. The number of anilines is 1. The second kappa shape index (κ2) is 9.18. The van der Waals surface area contributed by atoms with Crippen LogP contribution in [-0.2, 0) is 19.9 Å². The average molecular weight is 508 g/mol. The van der Waals surface area contributed by atoms with Gasteiger partial charge in [-0.3, -0.25) is 9.78 Å². The summed E-state index contributed by atoms with van der Waals surface area (Å²) in [6.07, 6.45) is 4.72. The Labute approximate surface area is 205 Å². The molecular weight excluding hydrogens is 478 g/mol. The summed E-state index contributed by atoms with van der Waals surface area (Å²) in [6, 6.07) is 1.60. The number of hydrogen-bond donors (Lipinski definition) is 2. The number of amides is 1. The second-order valence-electron chi connectivity index (χ2n) is 10.1. The molecule has 4 aliphatic rings. The van der Waals surface area contributed by atoms with Gasteiger partial charge in [0.15, 0.2) is 24.1 Å². The van der Waals surface area contributed by atoms with Gasteiger partial charge in [0.2, 0.25) is 5.92 Å². The van der Waals surface area contributed by atoms with E-state index in [0.29, 0.717) is 22.4 Å². The third-order valence-electron chi connectivity index (χ3n) is 7.88. The molecule has 2 unspecified atom stereocenters. The summed E-state index contributed by atoms with van der Waals surface area (Å²) in [4.78, 5) is 34.2. The number of esters is 1. The smallest absolute Gasteiger partial charge is 0.343 e. The van der Waals surface area contributed by atoms with Gasteiger partial charge in [0.1, 0.15) is 6.54 Å². The molecule has 5 heterocycles. The van der Waals surface area contributed by atoms with Crippen molar-refractivity contribution in [3.8, 4) is 0 Å². The predicted molar refractivity (Wildman–Crippen MR) is 123 cm³/mol. The lowest BCUT2D eigenvalue weighted by Gasteiger charge is -2.51. The van der Waals surface area contributed by atoms with Crippen LogP contribution < -0.4 is 5.32 Å². The van der Waals surface area contributed by atoms with Gasteiger partial charge >= 0.3 is 5.97 Å². The van der Waals surface area contributed by atoms with Crippen LogP contribution in [0.2, 0.25) is 0 Å². The van der Waals surface area contributed by atoms with E-state index in [2.05, 4.69) is 15.3 Å². The van der Waals surface area contributed by atoms with Gasteiger partial charge in [-0.2, -0.15) is 11.3 Å². The lowest BCUT2D eigenvalue weighted by atomic mass is 9.80. The van der Waals surface area contributed by atoms with Gasteiger partial charge in [-0.25, -0.2) is 18.6 Å². The van der Waals surface area contributed by atoms with Gasteiger partial charge in [-0.05, 0) is 23.2 Å². The normalized spacial score (nSPS) is 31.0. The van der Waals surface area contributed by atoms with E-state index >= 15 is 0 Å². The van der Waals surface area contributed by atoms with E-state index in [1.165, 1.54) is 29.9 Å². The molecule has 1 amide bonds. The first-order chi connectivity index (χ1) is 16.7. The second-order valence-corrected chi connectivity index (χ2v) is 10.9. The molecule has 2 aromatic heterocycles. The lowest BCUT2D eigenvalue weighted by Crippen LogP contribution is -2.66. The van der Waals surface area contributed by atoms with E-state index in [-0.39, 0.29) is 31.2 Å². The van der Waals surface area contributed by atoms with Crippen LogP contribution in [0.4, 0.5) is 14.6 Å². The molecule has 1 saturated carbocycles. The topological polar surface area (TPSA) is 101 Å². The molecule has 35 heavy (non-hydrogen) atoms. The van der Waals surface area contributed by atoms with Gasteiger partial charge in [0.05, 0.1) is 19.3 Å². The highest BCUT2D eigenvalue weighted by Gasteiger charge is 2.56. The molecule has 1 aliphatic carbocycles. The third-order valence-corrected chi connectivity index (χ3v) is 8.56. The Kier molecular flexibility index (Phi) is 6.35. The van der Waals surface area contributed by atoms with E-state index in [4.69, 9.17) is 4.74 Å². The molecule has 3 aliphatic heterocycles. The SMILES string of the molecule is O=C(C[N+]12CCC(CC1)[C@@H](OC(=O)C(O)(c1ccsc1)C1CCC(F)(F)C1)C2)Nc1cnccn1. The van der Waals surface area contributed by atoms with Crippen LogP contribution in [0, 0.1) is 11.8 Å². The predicted octanol–water partition coefficient (Wildman–Crippen LogP) is 2.95. The third kappa shape index (κ3) is 4.81. The quantitative estimate of drug-likeness (QED) is 0.442. The minimum atomic E-state index is -2.91. The zero-order chi connectivity index (χ0) is 24.7. The van der Waals surface area contributed by atoms with E-state index < -0.39 is 35.9 Å². The largest absolute Gasteiger partial charge is 0.454 e. The number of thiophene rings is 1. The Bertz CT molecular complexity index is 1060. The van der Waals surface area contributed by atoms with Crippen molar-refractivity contribution in [2.45, 2.75) is 49.7 Å². The standard InChI is InChI=1S/C24H28F2N4O4S/c25-23(26)5-1-17(11-23)24(33,18-4-10-35-15-18)22(32)34-19-13-30(8-2-16(19)3-9-30)14-21(31)29-20-12-27-6-7-28-20/h4,6-7,10,12,15-17,19,33H,1-3,5,8-9,11,13-14H2/p+1/t16?,17?,19-,24?,30?/m0/s1. The number of aliphatic hydroxyl groups is 1. The van der Waals surface area contributed by atoms with Crippen molar-refractivity contribution in [1.29, 1.82) is 0 Å². The Morgan fingerprint density at radius 2 is 2.09 bits per heavy atom. The summed E-state index contributed by atoms with van der Waals surface area (Å²) in [6.45, 7) is 2.23. The molecule has 2 bridgehead atoms. The van der Waals surface area contributed by atoms with Gasteiger partial charge in [-0.1, -0.05) is 0 Å². The number of piperidine rings is 3. The highest BCUT2D eigenvalue weighted by molar-refractivity contribution is 7.08. The Balaban J connectivity index is 1.30.